The molecule has 1 atom stereocenters. The van der Waals surface area contributed by atoms with Crippen molar-refractivity contribution in [3.05, 3.63) is 35.4 Å². The molecule has 1 aromatic carbocycles. The topological polar surface area (TPSA) is 69.6 Å². The Bertz CT molecular complexity index is 548. The third kappa shape index (κ3) is 2.52. The van der Waals surface area contributed by atoms with Crippen molar-refractivity contribution in [2.45, 2.75) is 12.5 Å². The fourth-order valence-electron chi connectivity index (χ4n) is 2.28. The van der Waals surface area contributed by atoms with Gasteiger partial charge in [-0.05, 0) is 17.5 Å². The van der Waals surface area contributed by atoms with Gasteiger partial charge in [-0.15, -0.1) is 6.42 Å². The minimum absolute atomic E-state index is 0.0866. The number of aliphatic carboxylic acids is 1. The first-order chi connectivity index (χ1) is 9.15. The molecule has 0 fully saturated rings. The van der Waals surface area contributed by atoms with Gasteiger partial charge in [-0.3, -0.25) is 0 Å². The Balaban J connectivity index is 2.30. The van der Waals surface area contributed by atoms with E-state index in [1.807, 2.05) is 12.1 Å². The average molecular weight is 258 g/mol. The molecule has 2 N–H and O–H groups in total. The van der Waals surface area contributed by atoms with Crippen LogP contribution in [0.3, 0.4) is 0 Å². The van der Waals surface area contributed by atoms with Crippen LogP contribution in [0.4, 0.5) is 4.79 Å². The molecule has 0 aromatic heterocycles. The lowest BCUT2D eigenvalue weighted by atomic mass is 9.93. The first kappa shape index (κ1) is 13.0. The maximum absolute atomic E-state index is 11.9. The van der Waals surface area contributed by atoms with Gasteiger partial charge in [0.1, 0.15) is 0 Å². The largest absolute Gasteiger partial charge is 0.479 e. The maximum Gasteiger partial charge on any atom is 0.331 e. The number of nitrogens with one attached hydrogen (secondary N) is 1. The van der Waals surface area contributed by atoms with Crippen molar-refractivity contribution in [2.75, 3.05) is 13.1 Å². The lowest BCUT2D eigenvalue weighted by molar-refractivity contribution is -0.142. The van der Waals surface area contributed by atoms with Gasteiger partial charge in [0.25, 0.3) is 0 Å². The highest BCUT2D eigenvalue weighted by Gasteiger charge is 2.35. The van der Waals surface area contributed by atoms with Gasteiger partial charge >= 0.3 is 12.0 Å². The number of rotatable bonds is 2. The Hall–Kier alpha value is -2.48. The van der Waals surface area contributed by atoms with E-state index in [4.69, 9.17) is 6.42 Å². The zero-order valence-electron chi connectivity index (χ0n) is 10.3. The van der Waals surface area contributed by atoms with Crippen LogP contribution in [0.15, 0.2) is 24.3 Å². The number of fused-ring (bicyclic) bond motifs is 1. The number of carboxylic acid groups (broad SMARTS) is 1. The molecule has 0 spiro atoms. The van der Waals surface area contributed by atoms with Crippen molar-refractivity contribution in [3.63, 3.8) is 0 Å². The van der Waals surface area contributed by atoms with E-state index < -0.39 is 18.0 Å². The Kier molecular flexibility index (Phi) is 3.71. The number of carbonyl (C=O) groups excluding carboxylic acids is 1. The third-order valence-electron chi connectivity index (χ3n) is 3.12. The van der Waals surface area contributed by atoms with Crippen LogP contribution in [0, 0.1) is 12.3 Å². The smallest absolute Gasteiger partial charge is 0.331 e. The van der Waals surface area contributed by atoms with Crippen LogP contribution in [0.25, 0.3) is 0 Å². The van der Waals surface area contributed by atoms with Crippen LogP contribution < -0.4 is 5.32 Å². The van der Waals surface area contributed by atoms with Gasteiger partial charge in [0.2, 0.25) is 0 Å². The molecule has 0 radical (unpaired) electrons. The zero-order valence-corrected chi connectivity index (χ0v) is 10.3. The van der Waals surface area contributed by atoms with E-state index in [1.54, 1.807) is 12.1 Å². The summed E-state index contributed by atoms with van der Waals surface area (Å²) in [7, 11) is 0. The predicted molar refractivity (Wildman–Crippen MR) is 69.5 cm³/mol. The van der Waals surface area contributed by atoms with Crippen LogP contribution in [0.5, 0.6) is 0 Å². The molecule has 1 heterocycles. The predicted octanol–water partition coefficient (Wildman–Crippen LogP) is 1.01. The summed E-state index contributed by atoms with van der Waals surface area (Å²) in [6.07, 6.45) is 5.72. The number of nitrogens with zero attached hydrogens (tertiary/aromatic N) is 1. The molecular weight excluding hydrogens is 244 g/mol. The van der Waals surface area contributed by atoms with Crippen LogP contribution in [0.1, 0.15) is 17.2 Å². The standard InChI is InChI=1S/C14H14N2O3/c1-2-8-15-14(19)16-9-7-10-5-3-4-6-11(10)12(16)13(17)18/h1,3-6,12H,7-9H2,(H,15,19)(H,17,18). The number of benzene rings is 1. The van der Waals surface area contributed by atoms with E-state index in [1.165, 1.54) is 4.90 Å². The van der Waals surface area contributed by atoms with Crippen LogP contribution >= 0.6 is 0 Å². The minimum Gasteiger partial charge on any atom is -0.479 e. The first-order valence-electron chi connectivity index (χ1n) is 5.93. The Labute approximate surface area is 111 Å². The van der Waals surface area contributed by atoms with E-state index in [0.717, 1.165) is 5.56 Å². The van der Waals surface area contributed by atoms with Crippen molar-refractivity contribution in [2.24, 2.45) is 0 Å². The second-order valence-corrected chi connectivity index (χ2v) is 4.25. The lowest BCUT2D eigenvalue weighted by Gasteiger charge is -2.34. The van der Waals surface area contributed by atoms with E-state index in [-0.39, 0.29) is 6.54 Å². The van der Waals surface area contributed by atoms with E-state index in [2.05, 4.69) is 11.2 Å². The molecule has 98 valence electrons. The van der Waals surface area contributed by atoms with Gasteiger partial charge in [-0.2, -0.15) is 0 Å². The van der Waals surface area contributed by atoms with E-state index >= 15 is 0 Å². The Morgan fingerprint density at radius 3 is 2.89 bits per heavy atom. The van der Waals surface area contributed by atoms with E-state index in [9.17, 15) is 14.7 Å². The molecule has 0 saturated heterocycles. The fourth-order valence-corrected chi connectivity index (χ4v) is 2.28. The number of carbonyl (C=O) groups is 2. The summed E-state index contributed by atoms with van der Waals surface area (Å²) in [6, 6.07) is 5.88. The van der Waals surface area contributed by atoms with E-state index in [0.29, 0.717) is 18.5 Å². The summed E-state index contributed by atoms with van der Waals surface area (Å²) >= 11 is 0. The van der Waals surface area contributed by atoms with Gasteiger partial charge in [0, 0.05) is 6.54 Å². The highest BCUT2D eigenvalue weighted by Crippen LogP contribution is 2.29. The molecule has 19 heavy (non-hydrogen) atoms. The maximum atomic E-state index is 11.9. The first-order valence-corrected chi connectivity index (χ1v) is 5.93. The second-order valence-electron chi connectivity index (χ2n) is 4.25. The number of hydrogen-bond acceptors (Lipinski definition) is 2. The molecule has 1 unspecified atom stereocenters. The van der Waals surface area contributed by atoms with Crippen molar-refractivity contribution in [1.82, 2.24) is 10.2 Å². The Morgan fingerprint density at radius 1 is 1.47 bits per heavy atom. The summed E-state index contributed by atoms with van der Waals surface area (Å²) in [6.45, 7) is 0.452. The van der Waals surface area contributed by atoms with Gasteiger partial charge in [-0.25, -0.2) is 9.59 Å². The van der Waals surface area contributed by atoms with Crippen molar-refractivity contribution in [1.29, 1.82) is 0 Å². The molecule has 0 saturated carbocycles. The highest BCUT2D eigenvalue weighted by atomic mass is 16.4. The van der Waals surface area contributed by atoms with Crippen LogP contribution in [-0.2, 0) is 11.2 Å². The monoisotopic (exact) mass is 258 g/mol. The zero-order chi connectivity index (χ0) is 13.8. The normalized spacial score (nSPS) is 17.2. The summed E-state index contributed by atoms with van der Waals surface area (Å²) < 4.78 is 0. The number of urea groups is 1. The molecule has 5 nitrogen and oxygen atoms in total. The summed E-state index contributed by atoms with van der Waals surface area (Å²) in [5.41, 5.74) is 1.63. The molecular formula is C14H14N2O3. The van der Waals surface area contributed by atoms with Gasteiger partial charge in [0.15, 0.2) is 6.04 Å². The molecule has 0 aliphatic carbocycles. The number of carboxylic acids is 1. The minimum atomic E-state index is -1.04. The van der Waals surface area contributed by atoms with Crippen molar-refractivity contribution >= 4 is 12.0 Å². The molecule has 1 aliphatic rings. The second kappa shape index (κ2) is 5.44. The number of terminal acetylenes is 1. The van der Waals surface area contributed by atoms with Gasteiger partial charge in [0.05, 0.1) is 6.54 Å². The van der Waals surface area contributed by atoms with Gasteiger partial charge < -0.3 is 15.3 Å². The van der Waals surface area contributed by atoms with Crippen molar-refractivity contribution < 1.29 is 14.7 Å². The summed E-state index contributed by atoms with van der Waals surface area (Å²) in [4.78, 5) is 24.7. The SMILES string of the molecule is C#CCNC(=O)N1CCc2ccccc2C1C(=O)O. The fraction of sp³-hybridized carbons (Fsp3) is 0.286. The molecule has 1 aliphatic heterocycles. The molecule has 2 amide bonds. The molecule has 5 heteroatoms. The van der Waals surface area contributed by atoms with Crippen molar-refractivity contribution in [3.8, 4) is 12.3 Å². The average Bonchev–Trinajstić information content (AvgIpc) is 2.43. The van der Waals surface area contributed by atoms with Crippen LogP contribution in [0.2, 0.25) is 0 Å². The highest BCUT2D eigenvalue weighted by molar-refractivity contribution is 5.84. The molecule has 1 aromatic rings. The van der Waals surface area contributed by atoms with Gasteiger partial charge in [-0.1, -0.05) is 30.2 Å². The summed E-state index contributed by atoms with van der Waals surface area (Å²) in [5, 5.41) is 11.9. The summed E-state index contributed by atoms with van der Waals surface area (Å²) in [5.74, 6) is 1.26. The Morgan fingerprint density at radius 2 is 2.21 bits per heavy atom. The van der Waals surface area contributed by atoms with Crippen LogP contribution in [-0.4, -0.2) is 35.1 Å². The third-order valence-corrected chi connectivity index (χ3v) is 3.12. The molecule has 2 rings (SSSR count). The number of hydrogen-bond donors (Lipinski definition) is 2. The lowest BCUT2D eigenvalue weighted by Crippen LogP contribution is -2.48. The molecule has 0 bridgehead atoms. The quantitative estimate of drug-likeness (QED) is 0.778. The number of amides is 2.